The van der Waals surface area contributed by atoms with Crippen LogP contribution in [-0.2, 0) is 10.3 Å². The first-order valence-corrected chi connectivity index (χ1v) is 5.14. The third-order valence-electron chi connectivity index (χ3n) is 3.19. The van der Waals surface area contributed by atoms with E-state index in [2.05, 4.69) is 4.99 Å². The van der Waals surface area contributed by atoms with Crippen molar-refractivity contribution in [1.29, 1.82) is 0 Å². The summed E-state index contributed by atoms with van der Waals surface area (Å²) in [7, 11) is 0. The zero-order valence-corrected chi connectivity index (χ0v) is 8.89. The lowest BCUT2D eigenvalue weighted by Gasteiger charge is -2.37. The monoisotopic (exact) mass is 223 g/mol. The Hall–Kier alpha value is -1.54. The van der Waals surface area contributed by atoms with E-state index in [1.807, 2.05) is 0 Å². The smallest absolute Gasteiger partial charge is 0.211 e. The first-order valence-electron chi connectivity index (χ1n) is 5.14. The van der Waals surface area contributed by atoms with Gasteiger partial charge in [-0.05, 0) is 43.4 Å². The predicted octanol–water partition coefficient (Wildman–Crippen LogP) is 2.99. The zero-order valence-electron chi connectivity index (χ0n) is 8.89. The van der Waals surface area contributed by atoms with Crippen molar-refractivity contribution in [2.45, 2.75) is 31.7 Å². The Morgan fingerprint density at radius 3 is 2.50 bits per heavy atom. The molecule has 1 aliphatic rings. The van der Waals surface area contributed by atoms with E-state index in [0.717, 1.165) is 12.5 Å². The normalized spacial score (nSPS) is 17.4. The van der Waals surface area contributed by atoms with Crippen molar-refractivity contribution in [3.05, 3.63) is 34.9 Å². The summed E-state index contributed by atoms with van der Waals surface area (Å²) in [5.74, 6) is -1.73. The summed E-state index contributed by atoms with van der Waals surface area (Å²) in [5.41, 5.74) is 0.141. The summed E-state index contributed by atoms with van der Waals surface area (Å²) in [6, 6.07) is 2.68. The minimum Gasteiger partial charge on any atom is -0.211 e. The van der Waals surface area contributed by atoms with E-state index in [-0.39, 0.29) is 5.56 Å². The zero-order chi connectivity index (χ0) is 11.8. The first-order chi connectivity index (χ1) is 7.59. The second kappa shape index (κ2) is 3.80. The van der Waals surface area contributed by atoms with Crippen LogP contribution in [0.4, 0.5) is 8.78 Å². The van der Waals surface area contributed by atoms with Crippen LogP contribution in [0.25, 0.3) is 0 Å². The molecule has 0 spiro atoms. The van der Waals surface area contributed by atoms with Crippen molar-refractivity contribution in [3.63, 3.8) is 0 Å². The van der Waals surface area contributed by atoms with E-state index in [1.165, 1.54) is 13.0 Å². The molecule has 84 valence electrons. The Bertz CT molecular complexity index is 451. The van der Waals surface area contributed by atoms with Crippen LogP contribution in [0.3, 0.4) is 0 Å². The lowest BCUT2D eigenvalue weighted by atomic mass is 9.72. The van der Waals surface area contributed by atoms with Crippen molar-refractivity contribution in [3.8, 4) is 0 Å². The minimum atomic E-state index is -0.887. The summed E-state index contributed by atoms with van der Waals surface area (Å²) >= 11 is 0. The van der Waals surface area contributed by atoms with Gasteiger partial charge in [-0.1, -0.05) is 6.07 Å². The van der Waals surface area contributed by atoms with Gasteiger partial charge in [0.1, 0.15) is 0 Å². The molecule has 16 heavy (non-hydrogen) atoms. The number of carbonyl (C=O) groups excluding carboxylic acids is 1. The average molecular weight is 223 g/mol. The highest BCUT2D eigenvalue weighted by atomic mass is 19.2. The number of aryl methyl sites for hydroxylation is 1. The van der Waals surface area contributed by atoms with Crippen molar-refractivity contribution in [2.75, 3.05) is 0 Å². The molecule has 0 aliphatic heterocycles. The summed E-state index contributed by atoms with van der Waals surface area (Å²) in [5, 5.41) is 0. The van der Waals surface area contributed by atoms with E-state index >= 15 is 0 Å². The van der Waals surface area contributed by atoms with Gasteiger partial charge in [-0.15, -0.1) is 0 Å². The highest BCUT2D eigenvalue weighted by Gasteiger charge is 2.39. The highest BCUT2D eigenvalue weighted by molar-refractivity contribution is 5.40. The van der Waals surface area contributed by atoms with Gasteiger partial charge in [0.2, 0.25) is 6.08 Å². The quantitative estimate of drug-likeness (QED) is 0.559. The number of nitrogens with zero attached hydrogens (tertiary/aromatic N) is 1. The molecule has 2 nitrogen and oxygen atoms in total. The van der Waals surface area contributed by atoms with Gasteiger partial charge >= 0.3 is 0 Å². The Balaban J connectivity index is 2.51. The number of aliphatic imine (C=N–C) groups is 1. The van der Waals surface area contributed by atoms with Crippen molar-refractivity contribution in [1.82, 2.24) is 0 Å². The summed E-state index contributed by atoms with van der Waals surface area (Å²) < 4.78 is 26.4. The summed E-state index contributed by atoms with van der Waals surface area (Å²) in [4.78, 5) is 14.1. The molecule has 0 amide bonds. The molecular formula is C12H11F2NO. The van der Waals surface area contributed by atoms with E-state index in [9.17, 15) is 13.6 Å². The fourth-order valence-corrected chi connectivity index (χ4v) is 2.06. The third kappa shape index (κ3) is 1.55. The van der Waals surface area contributed by atoms with Crippen LogP contribution in [0.15, 0.2) is 17.1 Å². The van der Waals surface area contributed by atoms with E-state index in [1.54, 1.807) is 6.07 Å². The Morgan fingerprint density at radius 1 is 1.38 bits per heavy atom. The largest absolute Gasteiger partial charge is 0.235 e. The molecule has 1 aromatic rings. The Morgan fingerprint density at radius 2 is 2.06 bits per heavy atom. The molecule has 0 atom stereocenters. The van der Waals surface area contributed by atoms with E-state index in [0.29, 0.717) is 18.4 Å². The summed E-state index contributed by atoms with van der Waals surface area (Å²) in [6.07, 6.45) is 3.83. The minimum absolute atomic E-state index is 0.238. The van der Waals surface area contributed by atoms with Gasteiger partial charge in [-0.25, -0.2) is 13.6 Å². The third-order valence-corrected chi connectivity index (χ3v) is 3.19. The van der Waals surface area contributed by atoms with Crippen LogP contribution in [0.2, 0.25) is 0 Å². The number of isocyanates is 1. The molecule has 1 saturated carbocycles. The Labute approximate surface area is 92.0 Å². The Kier molecular flexibility index (Phi) is 2.60. The molecule has 0 radical (unpaired) electrons. The standard InChI is InChI=1S/C12H11F2NO/c1-8-5-9(6-10(13)11(8)14)12(15-7-16)3-2-4-12/h5-6H,2-4H2,1H3. The lowest BCUT2D eigenvalue weighted by molar-refractivity contribution is 0.254. The van der Waals surface area contributed by atoms with Gasteiger partial charge in [-0.3, -0.25) is 0 Å². The molecule has 1 fully saturated rings. The van der Waals surface area contributed by atoms with E-state index in [4.69, 9.17) is 0 Å². The predicted molar refractivity (Wildman–Crippen MR) is 54.7 cm³/mol. The van der Waals surface area contributed by atoms with E-state index < -0.39 is 17.2 Å². The van der Waals surface area contributed by atoms with Gasteiger partial charge < -0.3 is 0 Å². The molecule has 0 heterocycles. The van der Waals surface area contributed by atoms with Crippen LogP contribution in [0.1, 0.15) is 30.4 Å². The van der Waals surface area contributed by atoms with Crippen LogP contribution in [0, 0.1) is 18.6 Å². The number of hydrogen-bond donors (Lipinski definition) is 0. The maximum absolute atomic E-state index is 13.3. The fourth-order valence-electron chi connectivity index (χ4n) is 2.06. The molecule has 1 aliphatic carbocycles. The molecule has 0 aromatic heterocycles. The van der Waals surface area contributed by atoms with Crippen LogP contribution in [0.5, 0.6) is 0 Å². The average Bonchev–Trinajstić information content (AvgIpc) is 2.19. The van der Waals surface area contributed by atoms with Crippen molar-refractivity contribution in [2.24, 2.45) is 4.99 Å². The van der Waals surface area contributed by atoms with Crippen molar-refractivity contribution >= 4 is 6.08 Å². The number of hydrogen-bond acceptors (Lipinski definition) is 2. The SMILES string of the molecule is Cc1cc(C2(N=C=O)CCC2)cc(F)c1F. The lowest BCUT2D eigenvalue weighted by Crippen LogP contribution is -2.32. The molecule has 0 N–H and O–H groups in total. The number of rotatable bonds is 2. The fraction of sp³-hybridized carbons (Fsp3) is 0.417. The molecule has 0 unspecified atom stereocenters. The highest BCUT2D eigenvalue weighted by Crippen LogP contribution is 2.45. The van der Waals surface area contributed by atoms with Crippen LogP contribution in [-0.4, -0.2) is 6.08 Å². The summed E-state index contributed by atoms with van der Waals surface area (Å²) in [6.45, 7) is 1.50. The van der Waals surface area contributed by atoms with Gasteiger partial charge in [-0.2, -0.15) is 4.99 Å². The van der Waals surface area contributed by atoms with Crippen molar-refractivity contribution < 1.29 is 13.6 Å². The van der Waals surface area contributed by atoms with Crippen LogP contribution >= 0.6 is 0 Å². The van der Waals surface area contributed by atoms with Gasteiger partial charge in [0, 0.05) is 0 Å². The molecular weight excluding hydrogens is 212 g/mol. The topological polar surface area (TPSA) is 29.4 Å². The van der Waals surface area contributed by atoms with Crippen LogP contribution < -0.4 is 0 Å². The molecule has 2 rings (SSSR count). The number of halogens is 2. The molecule has 4 heteroatoms. The number of benzene rings is 1. The van der Waals surface area contributed by atoms with Gasteiger partial charge in [0.25, 0.3) is 0 Å². The maximum Gasteiger partial charge on any atom is 0.235 e. The molecule has 0 saturated heterocycles. The maximum atomic E-state index is 13.3. The second-order valence-electron chi connectivity index (χ2n) is 4.18. The second-order valence-corrected chi connectivity index (χ2v) is 4.18. The first kappa shape index (κ1) is 11.0. The van der Waals surface area contributed by atoms with Gasteiger partial charge in [0.05, 0.1) is 5.54 Å². The van der Waals surface area contributed by atoms with Gasteiger partial charge in [0.15, 0.2) is 11.6 Å². The molecule has 0 bridgehead atoms. The molecule has 1 aromatic carbocycles.